The van der Waals surface area contributed by atoms with Crippen molar-refractivity contribution in [2.75, 3.05) is 39.5 Å². The summed E-state index contributed by atoms with van der Waals surface area (Å²) in [7, 11) is 5.99. The van der Waals surface area contributed by atoms with Gasteiger partial charge in [0.1, 0.15) is 5.69 Å². The van der Waals surface area contributed by atoms with Crippen LogP contribution in [0, 0.1) is 10.1 Å². The second-order valence-electron chi connectivity index (χ2n) is 5.83. The van der Waals surface area contributed by atoms with Crippen molar-refractivity contribution in [3.8, 4) is 0 Å². The zero-order chi connectivity index (χ0) is 15.4. The molecule has 2 rings (SSSR count). The van der Waals surface area contributed by atoms with E-state index in [9.17, 15) is 10.1 Å². The molecule has 0 amide bonds. The standard InChI is InChI=1S/C15H24N4O2/c1-16-14-9-12(6-7-15(14)19(20)21)10-17(2)11-13-5-4-8-18(13)3/h6-7,9,13,16H,4-5,8,10-11H2,1-3H3. The fourth-order valence-electron chi connectivity index (χ4n) is 2.99. The molecule has 116 valence electrons. The van der Waals surface area contributed by atoms with Gasteiger partial charge in [-0.3, -0.25) is 10.1 Å². The summed E-state index contributed by atoms with van der Waals surface area (Å²) in [5, 5.41) is 13.8. The summed E-state index contributed by atoms with van der Waals surface area (Å²) in [4.78, 5) is 15.3. The van der Waals surface area contributed by atoms with Crippen LogP contribution in [0.4, 0.5) is 11.4 Å². The molecule has 0 radical (unpaired) electrons. The van der Waals surface area contributed by atoms with Gasteiger partial charge in [-0.1, -0.05) is 6.07 Å². The quantitative estimate of drug-likeness (QED) is 0.643. The Labute approximate surface area is 125 Å². The van der Waals surface area contributed by atoms with Crippen LogP contribution in [0.5, 0.6) is 0 Å². The minimum atomic E-state index is -0.354. The Hall–Kier alpha value is -1.66. The summed E-state index contributed by atoms with van der Waals surface area (Å²) < 4.78 is 0. The molecule has 1 unspecified atom stereocenters. The van der Waals surface area contributed by atoms with Crippen LogP contribution < -0.4 is 5.32 Å². The van der Waals surface area contributed by atoms with Crippen molar-refractivity contribution in [3.05, 3.63) is 33.9 Å². The first kappa shape index (κ1) is 15.7. The Morgan fingerprint density at radius 3 is 2.86 bits per heavy atom. The number of hydrogen-bond donors (Lipinski definition) is 1. The summed E-state index contributed by atoms with van der Waals surface area (Å²) in [5.74, 6) is 0. The lowest BCUT2D eigenvalue weighted by molar-refractivity contribution is -0.384. The van der Waals surface area contributed by atoms with Crippen molar-refractivity contribution in [3.63, 3.8) is 0 Å². The van der Waals surface area contributed by atoms with Gasteiger partial charge in [-0.05, 0) is 45.1 Å². The molecule has 1 heterocycles. The monoisotopic (exact) mass is 292 g/mol. The molecule has 6 nitrogen and oxygen atoms in total. The topological polar surface area (TPSA) is 61.6 Å². The molecule has 21 heavy (non-hydrogen) atoms. The third-order valence-corrected chi connectivity index (χ3v) is 4.17. The van der Waals surface area contributed by atoms with Gasteiger partial charge in [-0.2, -0.15) is 0 Å². The van der Waals surface area contributed by atoms with Crippen molar-refractivity contribution in [1.29, 1.82) is 0 Å². The van der Waals surface area contributed by atoms with Crippen LogP contribution in [0.15, 0.2) is 18.2 Å². The molecule has 0 bridgehead atoms. The SMILES string of the molecule is CNc1cc(CN(C)CC2CCCN2C)ccc1[N+](=O)[O-]. The average Bonchev–Trinajstić information content (AvgIpc) is 2.83. The highest BCUT2D eigenvalue weighted by molar-refractivity contribution is 5.62. The largest absolute Gasteiger partial charge is 0.383 e. The first-order chi connectivity index (χ1) is 10.0. The van der Waals surface area contributed by atoms with Gasteiger partial charge in [0.2, 0.25) is 0 Å². The van der Waals surface area contributed by atoms with Crippen LogP contribution in [0.1, 0.15) is 18.4 Å². The molecular formula is C15H24N4O2. The number of anilines is 1. The number of hydrogen-bond acceptors (Lipinski definition) is 5. The highest BCUT2D eigenvalue weighted by Crippen LogP contribution is 2.25. The molecule has 1 aromatic rings. The zero-order valence-corrected chi connectivity index (χ0v) is 13.0. The van der Waals surface area contributed by atoms with E-state index in [1.165, 1.54) is 19.4 Å². The predicted octanol–water partition coefficient (Wildman–Crippen LogP) is 2.16. The fraction of sp³-hybridized carbons (Fsp3) is 0.600. The number of benzene rings is 1. The van der Waals surface area contributed by atoms with Crippen molar-refractivity contribution < 1.29 is 4.92 Å². The molecule has 1 aliphatic rings. The lowest BCUT2D eigenvalue weighted by Crippen LogP contribution is -2.36. The maximum atomic E-state index is 10.9. The Morgan fingerprint density at radius 1 is 1.52 bits per heavy atom. The van der Waals surface area contributed by atoms with E-state index < -0.39 is 0 Å². The maximum absolute atomic E-state index is 10.9. The molecule has 1 atom stereocenters. The Kier molecular flexibility index (Phi) is 5.14. The van der Waals surface area contributed by atoms with Crippen LogP contribution in [-0.4, -0.2) is 55.0 Å². The van der Waals surface area contributed by atoms with E-state index in [0.717, 1.165) is 18.7 Å². The van der Waals surface area contributed by atoms with Gasteiger partial charge in [0.25, 0.3) is 5.69 Å². The number of nitrogens with one attached hydrogen (secondary N) is 1. The Morgan fingerprint density at radius 2 is 2.29 bits per heavy atom. The normalized spacial score (nSPS) is 19.1. The van der Waals surface area contributed by atoms with Gasteiger partial charge < -0.3 is 15.1 Å². The molecule has 0 spiro atoms. The van der Waals surface area contributed by atoms with E-state index in [4.69, 9.17) is 0 Å². The molecule has 0 aliphatic carbocycles. The number of nitrogens with zero attached hydrogens (tertiary/aromatic N) is 3. The number of nitro groups is 1. The van der Waals surface area contributed by atoms with Gasteiger partial charge >= 0.3 is 0 Å². The molecule has 1 fully saturated rings. The van der Waals surface area contributed by atoms with Crippen molar-refractivity contribution in [2.45, 2.75) is 25.4 Å². The molecule has 0 saturated carbocycles. The Bertz CT molecular complexity index is 506. The van der Waals surface area contributed by atoms with Crippen LogP contribution in [0.2, 0.25) is 0 Å². The number of likely N-dealkylation sites (N-methyl/N-ethyl adjacent to an activating group) is 2. The maximum Gasteiger partial charge on any atom is 0.292 e. The first-order valence-electron chi connectivity index (χ1n) is 7.35. The van der Waals surface area contributed by atoms with Crippen LogP contribution in [0.3, 0.4) is 0 Å². The van der Waals surface area contributed by atoms with E-state index in [1.807, 2.05) is 12.1 Å². The van der Waals surface area contributed by atoms with E-state index >= 15 is 0 Å². The van der Waals surface area contributed by atoms with E-state index in [-0.39, 0.29) is 10.6 Å². The molecular weight excluding hydrogens is 268 g/mol. The molecule has 6 heteroatoms. The van der Waals surface area contributed by atoms with Gasteiger partial charge in [-0.25, -0.2) is 0 Å². The lowest BCUT2D eigenvalue weighted by atomic mass is 10.1. The summed E-state index contributed by atoms with van der Waals surface area (Å²) >= 11 is 0. The smallest absolute Gasteiger partial charge is 0.292 e. The number of nitro benzene ring substituents is 1. The molecule has 1 aromatic carbocycles. The number of likely N-dealkylation sites (tertiary alicyclic amines) is 1. The molecule has 0 aromatic heterocycles. The molecule has 1 N–H and O–H groups in total. The third-order valence-electron chi connectivity index (χ3n) is 4.17. The Balaban J connectivity index is 2.00. The molecule has 1 saturated heterocycles. The van der Waals surface area contributed by atoms with Gasteiger partial charge in [0, 0.05) is 32.2 Å². The van der Waals surface area contributed by atoms with E-state index in [1.54, 1.807) is 13.1 Å². The average molecular weight is 292 g/mol. The van der Waals surface area contributed by atoms with E-state index in [2.05, 4.69) is 29.2 Å². The summed E-state index contributed by atoms with van der Waals surface area (Å²) in [6.45, 7) is 3.01. The number of rotatable bonds is 6. The predicted molar refractivity (Wildman–Crippen MR) is 84.6 cm³/mol. The van der Waals surface area contributed by atoms with Gasteiger partial charge in [-0.15, -0.1) is 0 Å². The second kappa shape index (κ2) is 6.87. The molecule has 1 aliphatic heterocycles. The van der Waals surface area contributed by atoms with Crippen molar-refractivity contribution in [2.24, 2.45) is 0 Å². The fourth-order valence-corrected chi connectivity index (χ4v) is 2.99. The second-order valence-corrected chi connectivity index (χ2v) is 5.83. The minimum Gasteiger partial charge on any atom is -0.383 e. The van der Waals surface area contributed by atoms with Crippen LogP contribution >= 0.6 is 0 Å². The third kappa shape index (κ3) is 3.92. The summed E-state index contributed by atoms with van der Waals surface area (Å²) in [5.41, 5.74) is 1.79. The van der Waals surface area contributed by atoms with Crippen molar-refractivity contribution in [1.82, 2.24) is 9.80 Å². The zero-order valence-electron chi connectivity index (χ0n) is 13.0. The van der Waals surface area contributed by atoms with Crippen LogP contribution in [-0.2, 0) is 6.54 Å². The summed E-state index contributed by atoms with van der Waals surface area (Å²) in [6.07, 6.45) is 2.53. The highest BCUT2D eigenvalue weighted by Gasteiger charge is 2.22. The van der Waals surface area contributed by atoms with Crippen molar-refractivity contribution >= 4 is 11.4 Å². The van der Waals surface area contributed by atoms with Crippen LogP contribution in [0.25, 0.3) is 0 Å². The van der Waals surface area contributed by atoms with Gasteiger partial charge in [0.15, 0.2) is 0 Å². The highest BCUT2D eigenvalue weighted by atomic mass is 16.6. The minimum absolute atomic E-state index is 0.124. The van der Waals surface area contributed by atoms with Gasteiger partial charge in [0.05, 0.1) is 4.92 Å². The van der Waals surface area contributed by atoms with E-state index in [0.29, 0.717) is 11.7 Å². The summed E-state index contributed by atoms with van der Waals surface area (Å²) in [6, 6.07) is 5.91. The lowest BCUT2D eigenvalue weighted by Gasteiger charge is -2.25. The first-order valence-corrected chi connectivity index (χ1v) is 7.35.